The van der Waals surface area contributed by atoms with E-state index in [4.69, 9.17) is 0 Å². The average Bonchev–Trinajstić information content (AvgIpc) is 2.66. The van der Waals surface area contributed by atoms with E-state index in [-0.39, 0.29) is 0 Å². The molecule has 0 spiro atoms. The zero-order valence-corrected chi connectivity index (χ0v) is 8.72. The molecule has 1 N–H and O–H groups in total. The second-order valence-electron chi connectivity index (χ2n) is 3.41. The molecule has 0 fully saturated rings. The number of nitrogens with zero attached hydrogens (tertiary/aromatic N) is 3. The summed E-state index contributed by atoms with van der Waals surface area (Å²) in [5.74, 6) is 0. The van der Waals surface area contributed by atoms with E-state index in [2.05, 4.69) is 15.4 Å². The Bertz CT molecular complexity index is 408. The topological polar surface area (TPSA) is 42.7 Å². The molecule has 0 aliphatic carbocycles. The van der Waals surface area contributed by atoms with Crippen LogP contribution < -0.4 is 5.32 Å². The maximum atomic E-state index is 4.28. The number of pyridine rings is 1. The van der Waals surface area contributed by atoms with Gasteiger partial charge in [0, 0.05) is 32.5 Å². The van der Waals surface area contributed by atoms with Crippen molar-refractivity contribution in [3.8, 4) is 0 Å². The van der Waals surface area contributed by atoms with Crippen LogP contribution in [0.5, 0.6) is 0 Å². The minimum absolute atomic E-state index is 0.775. The summed E-state index contributed by atoms with van der Waals surface area (Å²) >= 11 is 0. The van der Waals surface area contributed by atoms with Crippen molar-refractivity contribution < 1.29 is 0 Å². The Hall–Kier alpha value is -1.68. The van der Waals surface area contributed by atoms with Crippen LogP contribution in [0, 0.1) is 0 Å². The normalized spacial score (nSPS) is 10.5. The molecule has 0 amide bonds. The van der Waals surface area contributed by atoms with Crippen LogP contribution in [0.2, 0.25) is 0 Å². The molecule has 2 rings (SSSR count). The first-order valence-electron chi connectivity index (χ1n) is 4.94. The van der Waals surface area contributed by atoms with E-state index in [1.54, 1.807) is 10.9 Å². The van der Waals surface area contributed by atoms with E-state index in [0.717, 1.165) is 24.5 Å². The highest BCUT2D eigenvalue weighted by Gasteiger charge is 1.96. The molecule has 4 nitrogen and oxygen atoms in total. The lowest BCUT2D eigenvalue weighted by Gasteiger charge is -2.01. The molecular formula is C11H14N4. The summed E-state index contributed by atoms with van der Waals surface area (Å²) < 4.78 is 1.80. The number of aryl methyl sites for hydroxylation is 1. The zero-order chi connectivity index (χ0) is 10.5. The van der Waals surface area contributed by atoms with Crippen molar-refractivity contribution in [2.24, 2.45) is 7.05 Å². The van der Waals surface area contributed by atoms with Gasteiger partial charge in [-0.15, -0.1) is 0 Å². The van der Waals surface area contributed by atoms with Gasteiger partial charge in [0.2, 0.25) is 0 Å². The van der Waals surface area contributed by atoms with Gasteiger partial charge in [-0.1, -0.05) is 6.07 Å². The number of hydrogen-bond acceptors (Lipinski definition) is 3. The van der Waals surface area contributed by atoms with Crippen LogP contribution in [-0.4, -0.2) is 14.8 Å². The van der Waals surface area contributed by atoms with Crippen molar-refractivity contribution >= 4 is 0 Å². The predicted molar refractivity (Wildman–Crippen MR) is 58.0 cm³/mol. The van der Waals surface area contributed by atoms with Gasteiger partial charge < -0.3 is 5.32 Å². The Kier molecular flexibility index (Phi) is 3.09. The standard InChI is InChI=1S/C11H14N4/c1-15-7-5-11(14-15)9-12-8-10-4-2-3-6-13-10/h2-7,12H,8-9H2,1H3. The molecule has 2 heterocycles. The molecule has 15 heavy (non-hydrogen) atoms. The maximum Gasteiger partial charge on any atom is 0.0762 e. The van der Waals surface area contributed by atoms with Gasteiger partial charge in [0.1, 0.15) is 0 Å². The zero-order valence-electron chi connectivity index (χ0n) is 8.72. The minimum atomic E-state index is 0.775. The summed E-state index contributed by atoms with van der Waals surface area (Å²) in [7, 11) is 1.92. The summed E-state index contributed by atoms with van der Waals surface area (Å²) in [6, 6.07) is 7.92. The molecule has 0 unspecified atom stereocenters. The number of rotatable bonds is 4. The van der Waals surface area contributed by atoms with Gasteiger partial charge in [0.25, 0.3) is 0 Å². The highest BCUT2D eigenvalue weighted by atomic mass is 15.3. The maximum absolute atomic E-state index is 4.28. The second kappa shape index (κ2) is 4.70. The third kappa shape index (κ3) is 2.89. The Balaban J connectivity index is 1.80. The highest BCUT2D eigenvalue weighted by molar-refractivity contribution is 5.04. The molecule has 0 saturated heterocycles. The molecule has 0 bridgehead atoms. The average molecular weight is 202 g/mol. The van der Waals surface area contributed by atoms with E-state index in [9.17, 15) is 0 Å². The fourth-order valence-corrected chi connectivity index (χ4v) is 1.38. The van der Waals surface area contributed by atoms with Crippen molar-refractivity contribution in [1.82, 2.24) is 20.1 Å². The highest BCUT2D eigenvalue weighted by Crippen LogP contribution is 1.95. The van der Waals surface area contributed by atoms with Gasteiger partial charge in [0.05, 0.1) is 11.4 Å². The van der Waals surface area contributed by atoms with Crippen LogP contribution in [0.25, 0.3) is 0 Å². The SMILES string of the molecule is Cn1ccc(CNCc2ccccn2)n1. The predicted octanol–water partition coefficient (Wildman–Crippen LogP) is 1.10. The molecule has 0 atom stereocenters. The van der Waals surface area contributed by atoms with Crippen molar-refractivity contribution in [1.29, 1.82) is 0 Å². The van der Waals surface area contributed by atoms with Gasteiger partial charge in [-0.25, -0.2) is 0 Å². The third-order valence-corrected chi connectivity index (χ3v) is 2.11. The Morgan fingerprint density at radius 3 is 2.73 bits per heavy atom. The van der Waals surface area contributed by atoms with Crippen LogP contribution in [0.15, 0.2) is 36.7 Å². The van der Waals surface area contributed by atoms with Crippen molar-refractivity contribution in [3.05, 3.63) is 48.0 Å². The smallest absolute Gasteiger partial charge is 0.0762 e. The molecule has 0 aliphatic rings. The third-order valence-electron chi connectivity index (χ3n) is 2.11. The second-order valence-corrected chi connectivity index (χ2v) is 3.41. The first-order valence-corrected chi connectivity index (χ1v) is 4.94. The molecular weight excluding hydrogens is 188 g/mol. The van der Waals surface area contributed by atoms with Gasteiger partial charge in [-0.3, -0.25) is 9.67 Å². The van der Waals surface area contributed by atoms with Crippen molar-refractivity contribution in [2.45, 2.75) is 13.1 Å². The molecule has 0 aromatic carbocycles. The molecule has 0 aliphatic heterocycles. The lowest BCUT2D eigenvalue weighted by atomic mass is 10.3. The van der Waals surface area contributed by atoms with E-state index >= 15 is 0 Å². The molecule has 2 aromatic rings. The van der Waals surface area contributed by atoms with Crippen LogP contribution in [-0.2, 0) is 20.1 Å². The van der Waals surface area contributed by atoms with Crippen molar-refractivity contribution in [3.63, 3.8) is 0 Å². The lowest BCUT2D eigenvalue weighted by Crippen LogP contribution is -2.14. The van der Waals surface area contributed by atoms with Crippen LogP contribution in [0.3, 0.4) is 0 Å². The first-order chi connectivity index (χ1) is 7.34. The molecule has 78 valence electrons. The summed E-state index contributed by atoms with van der Waals surface area (Å²) in [5.41, 5.74) is 2.10. The lowest BCUT2D eigenvalue weighted by molar-refractivity contribution is 0.648. The minimum Gasteiger partial charge on any atom is -0.305 e. The first kappa shape index (κ1) is 9.86. The van der Waals surface area contributed by atoms with Crippen molar-refractivity contribution in [2.75, 3.05) is 0 Å². The Morgan fingerprint density at radius 2 is 2.07 bits per heavy atom. The van der Waals surface area contributed by atoms with Gasteiger partial charge >= 0.3 is 0 Å². The largest absolute Gasteiger partial charge is 0.305 e. The quantitative estimate of drug-likeness (QED) is 0.807. The van der Waals surface area contributed by atoms with E-state index in [1.165, 1.54) is 0 Å². The monoisotopic (exact) mass is 202 g/mol. The Labute approximate surface area is 89.0 Å². The Morgan fingerprint density at radius 1 is 1.20 bits per heavy atom. The van der Waals surface area contributed by atoms with Gasteiger partial charge in [-0.2, -0.15) is 5.10 Å². The summed E-state index contributed by atoms with van der Waals surface area (Å²) in [5, 5.41) is 7.57. The molecule has 2 aromatic heterocycles. The number of nitrogens with one attached hydrogen (secondary N) is 1. The molecule has 4 heteroatoms. The van der Waals surface area contributed by atoms with Crippen LogP contribution in [0.1, 0.15) is 11.4 Å². The summed E-state index contributed by atoms with van der Waals surface area (Å²) in [6.07, 6.45) is 3.75. The van der Waals surface area contributed by atoms with E-state index in [0.29, 0.717) is 0 Å². The fraction of sp³-hybridized carbons (Fsp3) is 0.273. The summed E-state index contributed by atoms with van der Waals surface area (Å²) in [4.78, 5) is 4.23. The molecule has 0 radical (unpaired) electrons. The van der Waals surface area contributed by atoms with Crippen LogP contribution >= 0.6 is 0 Å². The summed E-state index contributed by atoms with van der Waals surface area (Å²) in [6.45, 7) is 1.55. The van der Waals surface area contributed by atoms with Gasteiger partial charge in [0.15, 0.2) is 0 Å². The fourth-order valence-electron chi connectivity index (χ4n) is 1.38. The van der Waals surface area contributed by atoms with E-state index in [1.807, 2.05) is 37.5 Å². The number of hydrogen-bond donors (Lipinski definition) is 1. The number of aromatic nitrogens is 3. The van der Waals surface area contributed by atoms with Gasteiger partial charge in [-0.05, 0) is 18.2 Å². The molecule has 0 saturated carbocycles. The van der Waals surface area contributed by atoms with E-state index < -0.39 is 0 Å². The van der Waals surface area contributed by atoms with Crippen LogP contribution in [0.4, 0.5) is 0 Å².